The van der Waals surface area contributed by atoms with Crippen LogP contribution < -0.4 is 5.32 Å². The van der Waals surface area contributed by atoms with Crippen molar-refractivity contribution in [2.75, 3.05) is 5.75 Å². The number of nitriles is 1. The lowest BCUT2D eigenvalue weighted by Gasteiger charge is -2.27. The first-order chi connectivity index (χ1) is 9.96. The molecule has 21 heavy (non-hydrogen) atoms. The fraction of sp³-hybridized carbons (Fsp3) is 0.400. The first kappa shape index (κ1) is 15.4. The third-order valence-corrected chi connectivity index (χ3v) is 4.49. The Morgan fingerprint density at radius 2 is 2.33 bits per heavy atom. The van der Waals surface area contributed by atoms with Crippen molar-refractivity contribution in [2.24, 2.45) is 5.92 Å². The van der Waals surface area contributed by atoms with E-state index >= 15 is 0 Å². The Morgan fingerprint density at radius 1 is 1.57 bits per heavy atom. The molecule has 0 radical (unpaired) electrons. The van der Waals surface area contributed by atoms with Crippen LogP contribution in [0, 0.1) is 17.2 Å². The van der Waals surface area contributed by atoms with E-state index < -0.39 is 5.54 Å². The predicted molar refractivity (Wildman–Crippen MR) is 82.9 cm³/mol. The van der Waals surface area contributed by atoms with Crippen LogP contribution >= 0.6 is 11.8 Å². The van der Waals surface area contributed by atoms with Gasteiger partial charge in [0.2, 0.25) is 5.91 Å². The molecule has 1 unspecified atom stereocenters. The van der Waals surface area contributed by atoms with Crippen molar-refractivity contribution < 1.29 is 4.79 Å². The van der Waals surface area contributed by atoms with Gasteiger partial charge in [-0.2, -0.15) is 5.26 Å². The van der Waals surface area contributed by atoms with Gasteiger partial charge in [0.05, 0.1) is 23.5 Å². The molecular formula is C15H18N4OS. The van der Waals surface area contributed by atoms with Gasteiger partial charge in [-0.25, -0.2) is 4.98 Å². The molecule has 2 aromatic rings. The lowest BCUT2D eigenvalue weighted by molar-refractivity contribution is -0.120. The van der Waals surface area contributed by atoms with Crippen LogP contribution in [0.3, 0.4) is 0 Å². The number of rotatable bonds is 5. The average molecular weight is 302 g/mol. The average Bonchev–Trinajstić information content (AvgIpc) is 2.88. The van der Waals surface area contributed by atoms with Gasteiger partial charge in [-0.1, -0.05) is 31.7 Å². The van der Waals surface area contributed by atoms with E-state index in [2.05, 4.69) is 16.4 Å². The standard InChI is InChI=1S/C15H18N4OS/c1-11(2)15(3,10-16)18-13(20)9-21-14-17-8-12-6-4-5-7-19(12)14/h4-8,11H,9H2,1-3H3,(H,18,20). The van der Waals surface area contributed by atoms with Gasteiger partial charge in [0.1, 0.15) is 5.54 Å². The lowest BCUT2D eigenvalue weighted by atomic mass is 9.90. The maximum atomic E-state index is 12.0. The first-order valence-corrected chi connectivity index (χ1v) is 7.72. The summed E-state index contributed by atoms with van der Waals surface area (Å²) in [5.74, 6) is 0.118. The fourth-order valence-corrected chi connectivity index (χ4v) is 2.55. The van der Waals surface area contributed by atoms with Gasteiger partial charge >= 0.3 is 0 Å². The number of hydrogen-bond acceptors (Lipinski definition) is 4. The summed E-state index contributed by atoms with van der Waals surface area (Å²) in [6.45, 7) is 5.57. The molecule has 6 heteroatoms. The number of pyridine rings is 1. The highest BCUT2D eigenvalue weighted by atomic mass is 32.2. The van der Waals surface area contributed by atoms with Gasteiger partial charge in [0.15, 0.2) is 5.16 Å². The minimum Gasteiger partial charge on any atom is -0.337 e. The van der Waals surface area contributed by atoms with E-state index in [9.17, 15) is 10.1 Å². The summed E-state index contributed by atoms with van der Waals surface area (Å²) >= 11 is 1.36. The Morgan fingerprint density at radius 3 is 3.00 bits per heavy atom. The highest BCUT2D eigenvalue weighted by Crippen LogP contribution is 2.19. The van der Waals surface area contributed by atoms with E-state index in [1.165, 1.54) is 11.8 Å². The Hall–Kier alpha value is -2.00. The van der Waals surface area contributed by atoms with Gasteiger partial charge in [-0.15, -0.1) is 0 Å². The van der Waals surface area contributed by atoms with Crippen LogP contribution in [0.2, 0.25) is 0 Å². The molecule has 1 N–H and O–H groups in total. The van der Waals surface area contributed by atoms with Crippen LogP contribution in [-0.2, 0) is 4.79 Å². The summed E-state index contributed by atoms with van der Waals surface area (Å²) in [4.78, 5) is 16.3. The highest BCUT2D eigenvalue weighted by Gasteiger charge is 2.29. The number of amides is 1. The molecular weight excluding hydrogens is 284 g/mol. The third-order valence-electron chi connectivity index (χ3n) is 3.52. The van der Waals surface area contributed by atoms with Crippen molar-refractivity contribution in [3.63, 3.8) is 0 Å². The third kappa shape index (κ3) is 3.37. The molecule has 0 aliphatic carbocycles. The van der Waals surface area contributed by atoms with Crippen molar-refractivity contribution in [3.05, 3.63) is 30.6 Å². The van der Waals surface area contributed by atoms with Crippen molar-refractivity contribution in [2.45, 2.75) is 31.5 Å². The zero-order valence-corrected chi connectivity index (χ0v) is 13.1. The molecule has 0 aliphatic rings. The topological polar surface area (TPSA) is 70.2 Å². The Kier molecular flexibility index (Phi) is 4.53. The second-order valence-electron chi connectivity index (χ2n) is 5.34. The van der Waals surface area contributed by atoms with Gasteiger partial charge in [0, 0.05) is 6.20 Å². The van der Waals surface area contributed by atoms with Crippen LogP contribution in [0.25, 0.3) is 5.52 Å². The monoisotopic (exact) mass is 302 g/mol. The van der Waals surface area contributed by atoms with E-state index in [1.54, 1.807) is 13.1 Å². The number of nitrogens with zero attached hydrogens (tertiary/aromatic N) is 3. The molecule has 0 aliphatic heterocycles. The maximum absolute atomic E-state index is 12.0. The summed E-state index contributed by atoms with van der Waals surface area (Å²) in [6, 6.07) is 8.00. The van der Waals surface area contributed by atoms with Crippen LogP contribution in [0.5, 0.6) is 0 Å². The highest BCUT2D eigenvalue weighted by molar-refractivity contribution is 7.99. The van der Waals surface area contributed by atoms with Crippen LogP contribution in [0.1, 0.15) is 20.8 Å². The number of nitrogens with one attached hydrogen (secondary N) is 1. The Balaban J connectivity index is 2.00. The van der Waals surface area contributed by atoms with E-state index in [0.29, 0.717) is 0 Å². The molecule has 1 atom stereocenters. The minimum absolute atomic E-state index is 0.0451. The summed E-state index contributed by atoms with van der Waals surface area (Å²) in [5.41, 5.74) is 0.149. The normalized spacial score (nSPS) is 13.9. The largest absolute Gasteiger partial charge is 0.337 e. The van der Waals surface area contributed by atoms with E-state index in [0.717, 1.165) is 10.7 Å². The molecule has 2 rings (SSSR count). The second kappa shape index (κ2) is 6.19. The predicted octanol–water partition coefficient (Wildman–Crippen LogP) is 2.48. The maximum Gasteiger partial charge on any atom is 0.231 e. The van der Waals surface area contributed by atoms with E-state index in [-0.39, 0.29) is 17.6 Å². The zero-order chi connectivity index (χ0) is 15.5. The van der Waals surface area contributed by atoms with Gasteiger partial charge < -0.3 is 5.32 Å². The smallest absolute Gasteiger partial charge is 0.231 e. The molecule has 0 saturated heterocycles. The van der Waals surface area contributed by atoms with Crippen molar-refractivity contribution >= 4 is 23.2 Å². The summed E-state index contributed by atoms with van der Waals surface area (Å²) in [6.07, 6.45) is 3.68. The Bertz CT molecular complexity index is 688. The molecule has 0 bridgehead atoms. The molecule has 110 valence electrons. The number of carbonyl (C=O) groups excluding carboxylic acids is 1. The minimum atomic E-state index is -0.841. The quantitative estimate of drug-likeness (QED) is 0.861. The van der Waals surface area contributed by atoms with Crippen molar-refractivity contribution in [1.29, 1.82) is 5.26 Å². The number of thioether (sulfide) groups is 1. The van der Waals surface area contributed by atoms with Crippen LogP contribution in [0.4, 0.5) is 0 Å². The van der Waals surface area contributed by atoms with Gasteiger partial charge in [-0.05, 0) is 25.0 Å². The molecule has 0 saturated carbocycles. The van der Waals surface area contributed by atoms with Crippen LogP contribution in [-0.4, -0.2) is 26.6 Å². The molecule has 2 aromatic heterocycles. The first-order valence-electron chi connectivity index (χ1n) is 6.73. The molecule has 0 aromatic carbocycles. The summed E-state index contributed by atoms with van der Waals surface area (Å²) in [5, 5.41) is 12.8. The summed E-state index contributed by atoms with van der Waals surface area (Å²) < 4.78 is 1.93. The fourth-order valence-electron chi connectivity index (χ4n) is 1.78. The van der Waals surface area contributed by atoms with Gasteiger partial charge in [-0.3, -0.25) is 9.20 Å². The number of carbonyl (C=O) groups is 1. The second-order valence-corrected chi connectivity index (χ2v) is 6.28. The van der Waals surface area contributed by atoms with Crippen LogP contribution in [0.15, 0.2) is 35.7 Å². The molecule has 0 spiro atoms. The molecule has 2 heterocycles. The molecule has 1 amide bonds. The van der Waals surface area contributed by atoms with Crippen molar-refractivity contribution in [1.82, 2.24) is 14.7 Å². The summed E-state index contributed by atoms with van der Waals surface area (Å²) in [7, 11) is 0. The lowest BCUT2D eigenvalue weighted by Crippen LogP contribution is -2.49. The number of hydrogen-bond donors (Lipinski definition) is 1. The zero-order valence-electron chi connectivity index (χ0n) is 12.3. The molecule has 5 nitrogen and oxygen atoms in total. The number of fused-ring (bicyclic) bond motifs is 1. The molecule has 0 fully saturated rings. The van der Waals surface area contributed by atoms with Crippen molar-refractivity contribution in [3.8, 4) is 6.07 Å². The van der Waals surface area contributed by atoms with E-state index in [4.69, 9.17) is 0 Å². The van der Waals surface area contributed by atoms with E-state index in [1.807, 2.05) is 42.6 Å². The van der Waals surface area contributed by atoms with Gasteiger partial charge in [0.25, 0.3) is 0 Å². The SMILES string of the molecule is CC(C)C(C)(C#N)NC(=O)CSc1ncc2ccccn12. The number of imidazole rings is 1. The Labute approximate surface area is 128 Å². The number of aromatic nitrogens is 2.